The molecule has 0 aliphatic carbocycles. The number of aromatic nitrogens is 1. The number of rotatable bonds is 7. The van der Waals surface area contributed by atoms with Crippen LogP contribution in [-0.4, -0.2) is 40.4 Å². The molecule has 2 unspecified atom stereocenters. The van der Waals surface area contributed by atoms with Crippen LogP contribution in [0.25, 0.3) is 0 Å². The van der Waals surface area contributed by atoms with Crippen molar-refractivity contribution >= 4 is 46.4 Å². The highest BCUT2D eigenvalue weighted by Gasteiger charge is 2.39. The maximum absolute atomic E-state index is 14.3. The summed E-state index contributed by atoms with van der Waals surface area (Å²) in [5, 5.41) is 17.6. The second-order valence-corrected chi connectivity index (χ2v) is 9.46. The summed E-state index contributed by atoms with van der Waals surface area (Å²) in [4.78, 5) is 3.28. The lowest BCUT2D eigenvalue weighted by Crippen LogP contribution is -2.49. The first-order chi connectivity index (χ1) is 13.6. The number of hydrogen-bond acceptors (Lipinski definition) is 4. The Hall–Kier alpha value is -1.18. The Labute approximate surface area is 180 Å². The fourth-order valence-corrected chi connectivity index (χ4v) is 3.24. The molecule has 1 aromatic carbocycles. The molecule has 0 spiro atoms. The van der Waals surface area contributed by atoms with Crippen molar-refractivity contribution in [1.29, 1.82) is 0 Å². The molecule has 0 saturated heterocycles. The molecule has 1 aromatic heterocycles. The van der Waals surface area contributed by atoms with Gasteiger partial charge in [0.25, 0.3) is 0 Å². The standard InChI is InChI=1S/C18H21B2ClF4NO3P/c1-16(2,29-19-11-7-14(18(23,24)25)26-15(21)8-11)17(3,30)9-10-6-12(20(27)28)4-5-13(10)22/h4-8,19,27-28H,9,30H2,1-3H3. The van der Waals surface area contributed by atoms with Gasteiger partial charge in [-0.1, -0.05) is 30.7 Å². The van der Waals surface area contributed by atoms with Crippen molar-refractivity contribution < 1.29 is 32.3 Å². The molecule has 0 aliphatic rings. The van der Waals surface area contributed by atoms with Gasteiger partial charge in [-0.2, -0.15) is 13.2 Å². The first-order valence-corrected chi connectivity index (χ1v) is 9.89. The molecule has 12 heteroatoms. The average Bonchev–Trinajstić information content (AvgIpc) is 2.60. The quantitative estimate of drug-likeness (QED) is 0.286. The van der Waals surface area contributed by atoms with Crippen LogP contribution >= 0.6 is 20.8 Å². The SMILES string of the molecule is CC(P)(Cc1cc(B(O)O)ccc1F)C(C)(C)OBc1cc(Cl)nc(C(F)(F)F)c1. The van der Waals surface area contributed by atoms with Gasteiger partial charge in [-0.25, -0.2) is 9.37 Å². The van der Waals surface area contributed by atoms with E-state index in [1.807, 2.05) is 0 Å². The fraction of sp³-hybridized carbons (Fsp3) is 0.389. The molecule has 0 aliphatic heterocycles. The molecule has 30 heavy (non-hydrogen) atoms. The number of pyridine rings is 1. The van der Waals surface area contributed by atoms with Crippen LogP contribution in [0.4, 0.5) is 17.6 Å². The van der Waals surface area contributed by atoms with E-state index in [0.717, 1.165) is 12.1 Å². The van der Waals surface area contributed by atoms with E-state index in [1.165, 1.54) is 18.2 Å². The summed E-state index contributed by atoms with van der Waals surface area (Å²) in [6.07, 6.45) is -4.48. The van der Waals surface area contributed by atoms with Crippen LogP contribution < -0.4 is 10.9 Å². The van der Waals surface area contributed by atoms with Gasteiger partial charge in [-0.3, -0.25) is 0 Å². The summed E-state index contributed by atoms with van der Waals surface area (Å²) < 4.78 is 59.0. The molecule has 0 saturated carbocycles. The van der Waals surface area contributed by atoms with Crippen LogP contribution in [0.5, 0.6) is 0 Å². The molecule has 1 heterocycles. The summed E-state index contributed by atoms with van der Waals surface area (Å²) >= 11 is 5.71. The van der Waals surface area contributed by atoms with E-state index in [4.69, 9.17) is 16.3 Å². The Balaban J connectivity index is 2.20. The van der Waals surface area contributed by atoms with E-state index >= 15 is 0 Å². The summed E-state index contributed by atoms with van der Waals surface area (Å²) in [6.45, 7) is 5.26. The first-order valence-electron chi connectivity index (χ1n) is 8.93. The third-order valence-electron chi connectivity index (χ3n) is 5.04. The van der Waals surface area contributed by atoms with Gasteiger partial charge in [-0.15, -0.1) is 9.24 Å². The van der Waals surface area contributed by atoms with E-state index in [0.29, 0.717) is 0 Å². The lowest BCUT2D eigenvalue weighted by Gasteiger charge is -2.42. The van der Waals surface area contributed by atoms with Crippen molar-refractivity contribution in [2.75, 3.05) is 0 Å². The van der Waals surface area contributed by atoms with Gasteiger partial charge in [0.15, 0.2) is 0 Å². The highest BCUT2D eigenvalue weighted by Crippen LogP contribution is 2.37. The first kappa shape index (κ1) is 25.1. The van der Waals surface area contributed by atoms with Crippen molar-refractivity contribution in [1.82, 2.24) is 4.98 Å². The Bertz CT molecular complexity index is 913. The number of benzene rings is 1. The smallest absolute Gasteiger partial charge is 0.429 e. The molecule has 2 atom stereocenters. The molecule has 0 fully saturated rings. The van der Waals surface area contributed by atoms with Crippen LogP contribution in [0.2, 0.25) is 5.15 Å². The van der Waals surface area contributed by atoms with Gasteiger partial charge in [0.05, 0.1) is 5.60 Å². The highest BCUT2D eigenvalue weighted by molar-refractivity contribution is 7.19. The summed E-state index contributed by atoms with van der Waals surface area (Å²) in [5.74, 6) is -0.514. The van der Waals surface area contributed by atoms with Gasteiger partial charge in [0.2, 0.25) is 0 Å². The zero-order chi connectivity index (χ0) is 22.9. The van der Waals surface area contributed by atoms with Gasteiger partial charge < -0.3 is 14.7 Å². The number of halogens is 5. The lowest BCUT2D eigenvalue weighted by atomic mass is 9.77. The van der Waals surface area contributed by atoms with Gasteiger partial charge in [0.1, 0.15) is 16.7 Å². The van der Waals surface area contributed by atoms with Crippen molar-refractivity contribution in [2.45, 2.75) is 44.1 Å². The predicted molar refractivity (Wildman–Crippen MR) is 114 cm³/mol. The number of alkyl halides is 3. The third-order valence-corrected chi connectivity index (χ3v) is 6.14. The Morgan fingerprint density at radius 2 is 1.80 bits per heavy atom. The average molecular weight is 463 g/mol. The molecule has 2 aromatic rings. The van der Waals surface area contributed by atoms with Gasteiger partial charge in [0, 0.05) is 5.16 Å². The molecule has 0 bridgehead atoms. The van der Waals surface area contributed by atoms with Crippen LogP contribution in [0.15, 0.2) is 30.3 Å². The minimum absolute atomic E-state index is 0.150. The molecular formula is C18H21B2ClF4NO3P. The van der Waals surface area contributed by atoms with E-state index in [2.05, 4.69) is 14.2 Å². The molecule has 2 N–H and O–H groups in total. The minimum Gasteiger partial charge on any atom is -0.429 e. The molecule has 162 valence electrons. The summed E-state index contributed by atoms with van der Waals surface area (Å²) in [6, 6.07) is 5.94. The zero-order valence-corrected chi connectivity index (χ0v) is 18.5. The van der Waals surface area contributed by atoms with Crippen molar-refractivity contribution in [3.8, 4) is 0 Å². The molecule has 2 rings (SSSR count). The second kappa shape index (κ2) is 9.13. The van der Waals surface area contributed by atoms with Gasteiger partial charge >= 0.3 is 20.8 Å². The molecule has 4 nitrogen and oxygen atoms in total. The van der Waals surface area contributed by atoms with Crippen LogP contribution in [0.3, 0.4) is 0 Å². The highest BCUT2D eigenvalue weighted by atomic mass is 35.5. The fourth-order valence-electron chi connectivity index (χ4n) is 2.71. The minimum atomic E-state index is -4.63. The topological polar surface area (TPSA) is 62.6 Å². The Kier molecular flexibility index (Phi) is 7.63. The Morgan fingerprint density at radius 1 is 1.17 bits per heavy atom. The van der Waals surface area contributed by atoms with E-state index < -0.39 is 35.6 Å². The number of nitrogens with zero attached hydrogens (tertiary/aromatic N) is 1. The molecule has 0 radical (unpaired) electrons. The summed E-state index contributed by atoms with van der Waals surface area (Å²) in [7, 11) is 0.688. The van der Waals surface area contributed by atoms with E-state index in [9.17, 15) is 27.6 Å². The van der Waals surface area contributed by atoms with Crippen molar-refractivity contribution in [2.24, 2.45) is 0 Å². The van der Waals surface area contributed by atoms with E-state index in [-0.39, 0.29) is 35.5 Å². The molecule has 0 amide bonds. The monoisotopic (exact) mass is 463 g/mol. The van der Waals surface area contributed by atoms with E-state index in [1.54, 1.807) is 20.8 Å². The largest absolute Gasteiger partial charge is 0.488 e. The third kappa shape index (κ3) is 6.17. The van der Waals surface area contributed by atoms with Crippen molar-refractivity contribution in [3.05, 3.63) is 52.6 Å². The van der Waals surface area contributed by atoms with Crippen LogP contribution in [0, 0.1) is 5.82 Å². The van der Waals surface area contributed by atoms with Gasteiger partial charge in [-0.05, 0) is 55.0 Å². The maximum atomic E-state index is 14.3. The predicted octanol–water partition coefficient (Wildman–Crippen LogP) is 2.22. The normalized spacial score (nSPS) is 14.4. The van der Waals surface area contributed by atoms with Crippen molar-refractivity contribution in [3.63, 3.8) is 0 Å². The maximum Gasteiger partial charge on any atom is 0.488 e. The zero-order valence-electron chi connectivity index (χ0n) is 16.6. The van der Waals surface area contributed by atoms with Crippen LogP contribution in [0.1, 0.15) is 32.0 Å². The lowest BCUT2D eigenvalue weighted by molar-refractivity contribution is -0.141. The Morgan fingerprint density at radius 3 is 2.37 bits per heavy atom. The number of hydrogen-bond donors (Lipinski definition) is 2. The van der Waals surface area contributed by atoms with Crippen LogP contribution in [-0.2, 0) is 17.3 Å². The molecular weight excluding hydrogens is 442 g/mol. The summed E-state index contributed by atoms with van der Waals surface area (Å²) in [5.41, 5.74) is -1.43. The second-order valence-electron chi connectivity index (χ2n) is 7.80.